The number of hydrogen-bond acceptors (Lipinski definition) is 7. The van der Waals surface area contributed by atoms with E-state index in [2.05, 4.69) is 21.0 Å². The van der Waals surface area contributed by atoms with Crippen molar-refractivity contribution in [2.75, 3.05) is 4.90 Å². The van der Waals surface area contributed by atoms with E-state index in [1.165, 1.54) is 24.0 Å². The van der Waals surface area contributed by atoms with Gasteiger partial charge in [-0.2, -0.15) is 5.10 Å². The fourth-order valence-electron chi connectivity index (χ4n) is 4.71. The zero-order valence-electron chi connectivity index (χ0n) is 17.4. The van der Waals surface area contributed by atoms with Gasteiger partial charge >= 0.3 is 5.97 Å². The molecule has 33 heavy (non-hydrogen) atoms. The molecule has 2 aromatic rings. The minimum atomic E-state index is -0.933. The van der Waals surface area contributed by atoms with Crippen molar-refractivity contribution < 1.29 is 23.9 Å². The number of hydrogen-bond donors (Lipinski definition) is 0. The molecule has 4 atom stereocenters. The van der Waals surface area contributed by atoms with Crippen LogP contribution in [-0.2, 0) is 14.4 Å². The molecule has 9 heteroatoms. The van der Waals surface area contributed by atoms with Crippen molar-refractivity contribution in [3.8, 4) is 5.75 Å². The van der Waals surface area contributed by atoms with Gasteiger partial charge in [0.1, 0.15) is 11.8 Å². The zero-order valence-corrected chi connectivity index (χ0v) is 19.0. The largest absolute Gasteiger partial charge is 0.427 e. The summed E-state index contributed by atoms with van der Waals surface area (Å²) in [6.07, 6.45) is 5.07. The lowest BCUT2D eigenvalue weighted by atomic mass is 9.86. The highest BCUT2D eigenvalue weighted by Crippen LogP contribution is 2.46. The zero-order chi connectivity index (χ0) is 23.3. The molecular weight excluding hydrogens is 490 g/mol. The standard InChI is InChI=1S/C24H18BrN3O5/c1-13(29)33-17-10-4-14(5-11-17)22(30)21-20-19(18-3-2-12-26-28(18)21)23(31)27(24(20)32)16-8-6-15(25)7-9-16/h2-12,18-21H,1H3/t18-,19-,20-,21-/m1/s1. The van der Waals surface area contributed by atoms with E-state index in [0.29, 0.717) is 17.0 Å². The molecule has 0 aromatic heterocycles. The van der Waals surface area contributed by atoms with Crippen LogP contribution in [0.25, 0.3) is 0 Å². The summed E-state index contributed by atoms with van der Waals surface area (Å²) in [7, 11) is 0. The Balaban J connectivity index is 1.51. The Morgan fingerprint density at radius 3 is 2.30 bits per heavy atom. The molecule has 0 spiro atoms. The van der Waals surface area contributed by atoms with E-state index in [1.54, 1.807) is 59.8 Å². The molecule has 0 bridgehead atoms. The first-order valence-corrected chi connectivity index (χ1v) is 11.1. The van der Waals surface area contributed by atoms with Crippen molar-refractivity contribution in [3.05, 3.63) is 70.7 Å². The van der Waals surface area contributed by atoms with Gasteiger partial charge in [0.2, 0.25) is 11.8 Å². The van der Waals surface area contributed by atoms with Crippen molar-refractivity contribution in [3.63, 3.8) is 0 Å². The third-order valence-electron chi connectivity index (χ3n) is 6.04. The van der Waals surface area contributed by atoms with Crippen LogP contribution in [0, 0.1) is 11.8 Å². The summed E-state index contributed by atoms with van der Waals surface area (Å²) in [6.45, 7) is 1.29. The van der Waals surface area contributed by atoms with Gasteiger partial charge < -0.3 is 4.74 Å². The quantitative estimate of drug-likeness (QED) is 0.273. The Labute approximate surface area is 197 Å². The van der Waals surface area contributed by atoms with Gasteiger partial charge in [0.15, 0.2) is 5.78 Å². The Bertz CT molecular complexity index is 1220. The lowest BCUT2D eigenvalue weighted by Gasteiger charge is -2.30. The number of anilines is 1. The minimum absolute atomic E-state index is 0.314. The molecule has 0 radical (unpaired) electrons. The smallest absolute Gasteiger partial charge is 0.308 e. The van der Waals surface area contributed by atoms with Crippen molar-refractivity contribution in [2.24, 2.45) is 16.9 Å². The summed E-state index contributed by atoms with van der Waals surface area (Å²) in [6, 6.07) is 11.6. The number of fused-ring (bicyclic) bond motifs is 3. The van der Waals surface area contributed by atoms with E-state index < -0.39 is 35.8 Å². The molecule has 5 rings (SSSR count). The number of Topliss-reactive ketones (excluding diaryl/α,β-unsaturated/α-hetero) is 1. The predicted octanol–water partition coefficient (Wildman–Crippen LogP) is 2.97. The number of imide groups is 1. The van der Waals surface area contributed by atoms with Gasteiger partial charge in [-0.3, -0.25) is 24.2 Å². The molecule has 2 amide bonds. The number of amides is 2. The van der Waals surface area contributed by atoms with Gasteiger partial charge in [-0.1, -0.05) is 22.0 Å². The van der Waals surface area contributed by atoms with Crippen LogP contribution in [0.5, 0.6) is 5.75 Å². The highest BCUT2D eigenvalue weighted by Gasteiger charge is 2.64. The second-order valence-electron chi connectivity index (χ2n) is 7.99. The third kappa shape index (κ3) is 3.48. The lowest BCUT2D eigenvalue weighted by molar-refractivity contribution is -0.132. The second kappa shape index (κ2) is 8.08. The summed E-state index contributed by atoms with van der Waals surface area (Å²) in [4.78, 5) is 52.9. The van der Waals surface area contributed by atoms with E-state index in [0.717, 1.165) is 4.47 Å². The molecule has 3 aliphatic rings. The van der Waals surface area contributed by atoms with Gasteiger partial charge in [-0.25, -0.2) is 4.90 Å². The summed E-state index contributed by atoms with van der Waals surface area (Å²) in [5.74, 6) is -2.82. The number of benzene rings is 2. The van der Waals surface area contributed by atoms with E-state index in [9.17, 15) is 19.2 Å². The van der Waals surface area contributed by atoms with Crippen molar-refractivity contribution in [1.82, 2.24) is 5.01 Å². The van der Waals surface area contributed by atoms with E-state index in [1.807, 2.05) is 0 Å². The Morgan fingerprint density at radius 1 is 0.970 bits per heavy atom. The van der Waals surface area contributed by atoms with Crippen molar-refractivity contribution >= 4 is 51.4 Å². The maximum atomic E-state index is 13.6. The fourth-order valence-corrected chi connectivity index (χ4v) is 4.97. The molecule has 0 N–H and O–H groups in total. The first-order chi connectivity index (χ1) is 15.9. The molecule has 8 nitrogen and oxygen atoms in total. The van der Waals surface area contributed by atoms with Crippen LogP contribution in [0.3, 0.4) is 0 Å². The van der Waals surface area contributed by atoms with Gasteiger partial charge in [-0.05, 0) is 54.6 Å². The fraction of sp³-hybridized carbons (Fsp3) is 0.208. The molecule has 3 aliphatic heterocycles. The number of nitrogens with zero attached hydrogens (tertiary/aromatic N) is 3. The molecule has 166 valence electrons. The second-order valence-corrected chi connectivity index (χ2v) is 8.90. The van der Waals surface area contributed by atoms with Gasteiger partial charge in [0, 0.05) is 23.2 Å². The predicted molar refractivity (Wildman–Crippen MR) is 123 cm³/mol. The number of hydrazone groups is 1. The Kier molecular flexibility index (Phi) is 5.20. The number of carbonyl (C=O) groups is 4. The molecule has 2 saturated heterocycles. The monoisotopic (exact) mass is 507 g/mol. The van der Waals surface area contributed by atoms with Crippen molar-refractivity contribution in [1.29, 1.82) is 0 Å². The van der Waals surface area contributed by atoms with Crippen molar-refractivity contribution in [2.45, 2.75) is 19.0 Å². The van der Waals surface area contributed by atoms with Crippen LogP contribution >= 0.6 is 15.9 Å². The Morgan fingerprint density at radius 2 is 1.64 bits per heavy atom. The van der Waals surface area contributed by atoms with Crippen LogP contribution < -0.4 is 9.64 Å². The van der Waals surface area contributed by atoms with Crippen LogP contribution in [0.4, 0.5) is 5.69 Å². The number of allylic oxidation sites excluding steroid dienone is 1. The normalized spacial score (nSPS) is 25.3. The molecule has 3 heterocycles. The summed E-state index contributed by atoms with van der Waals surface area (Å²) in [5, 5.41) is 5.90. The maximum absolute atomic E-state index is 13.6. The lowest BCUT2D eigenvalue weighted by Crippen LogP contribution is -2.46. The first kappa shape index (κ1) is 21.3. The highest BCUT2D eigenvalue weighted by molar-refractivity contribution is 9.10. The summed E-state index contributed by atoms with van der Waals surface area (Å²) in [5.41, 5.74) is 0.803. The minimum Gasteiger partial charge on any atom is -0.427 e. The van der Waals surface area contributed by atoms with Gasteiger partial charge in [0.25, 0.3) is 0 Å². The van der Waals surface area contributed by atoms with Crippen LogP contribution in [0.1, 0.15) is 17.3 Å². The molecule has 2 fully saturated rings. The van der Waals surface area contributed by atoms with E-state index >= 15 is 0 Å². The summed E-state index contributed by atoms with van der Waals surface area (Å²) < 4.78 is 5.86. The molecular formula is C24H18BrN3O5. The molecule has 2 aromatic carbocycles. The average molecular weight is 508 g/mol. The van der Waals surface area contributed by atoms with Crippen LogP contribution in [0.15, 0.2) is 70.3 Å². The van der Waals surface area contributed by atoms with Crippen LogP contribution in [0.2, 0.25) is 0 Å². The number of ketones is 1. The van der Waals surface area contributed by atoms with Gasteiger partial charge in [0.05, 0.1) is 23.6 Å². The molecule has 0 saturated carbocycles. The topological polar surface area (TPSA) is 96.3 Å². The number of rotatable bonds is 4. The molecule has 0 aliphatic carbocycles. The van der Waals surface area contributed by atoms with Crippen LogP contribution in [-0.4, -0.2) is 46.9 Å². The first-order valence-electron chi connectivity index (χ1n) is 10.3. The third-order valence-corrected chi connectivity index (χ3v) is 6.57. The number of ether oxygens (including phenoxy) is 1. The number of halogens is 1. The SMILES string of the molecule is CC(=O)Oc1ccc(C(=O)[C@H]2[C@@H]3C(=O)N(c4ccc(Br)cc4)C(=O)[C@@H]3[C@H]3C=CC=NN32)cc1. The number of carbonyl (C=O) groups excluding carboxylic acids is 4. The number of esters is 1. The van der Waals surface area contributed by atoms with Gasteiger partial charge in [-0.15, -0.1) is 0 Å². The average Bonchev–Trinajstić information content (AvgIpc) is 3.27. The Hall–Kier alpha value is -3.59. The maximum Gasteiger partial charge on any atom is 0.308 e. The molecule has 0 unspecified atom stereocenters. The van der Waals surface area contributed by atoms with E-state index in [4.69, 9.17) is 4.74 Å². The summed E-state index contributed by atoms with van der Waals surface area (Å²) >= 11 is 3.36. The van der Waals surface area contributed by atoms with E-state index in [-0.39, 0.29) is 11.7 Å². The highest BCUT2D eigenvalue weighted by atomic mass is 79.9.